The molecule has 1 heterocycles. The molecule has 178 valence electrons. The summed E-state index contributed by atoms with van der Waals surface area (Å²) in [4.78, 5) is 27.6. The number of carbonyl (C=O) groups excluding carboxylic acids is 2. The number of ether oxygens (including phenoxy) is 2. The molecule has 0 radical (unpaired) electrons. The van der Waals surface area contributed by atoms with Gasteiger partial charge < -0.3 is 19.9 Å². The van der Waals surface area contributed by atoms with Gasteiger partial charge in [-0.2, -0.15) is 0 Å². The Bertz CT molecular complexity index is 941. The number of esters is 1. The van der Waals surface area contributed by atoms with E-state index in [9.17, 15) is 14.7 Å². The third kappa shape index (κ3) is 6.55. The van der Waals surface area contributed by atoms with Crippen LogP contribution in [0.25, 0.3) is 0 Å². The molecule has 2 aromatic rings. The molecule has 3 rings (SSSR count). The molecule has 3 atom stereocenters. The van der Waals surface area contributed by atoms with E-state index in [1.54, 1.807) is 18.2 Å². The lowest BCUT2D eigenvalue weighted by Gasteiger charge is -2.32. The summed E-state index contributed by atoms with van der Waals surface area (Å²) >= 11 is 0. The number of rotatable bonds is 8. The van der Waals surface area contributed by atoms with Crippen molar-refractivity contribution in [3.8, 4) is 5.75 Å². The molecule has 0 aliphatic carbocycles. The van der Waals surface area contributed by atoms with E-state index in [2.05, 4.69) is 5.32 Å². The smallest absolute Gasteiger partial charge is 0.323 e. The average molecular weight is 455 g/mol. The van der Waals surface area contributed by atoms with Gasteiger partial charge in [-0.3, -0.25) is 14.5 Å². The van der Waals surface area contributed by atoms with Gasteiger partial charge in [0.05, 0.1) is 18.2 Å². The fourth-order valence-electron chi connectivity index (χ4n) is 4.13. The van der Waals surface area contributed by atoms with E-state index in [1.165, 1.54) is 0 Å². The molecule has 7 nitrogen and oxygen atoms in total. The second kappa shape index (κ2) is 10.8. The number of aliphatic hydroxyl groups excluding tert-OH is 1. The standard InChI is InChI=1S/C26H34N2O5/c1-26(2,3)33-25(31)22-15-14-21(28(22)4)20(16-29)27-24(30)19-12-8-9-13-23(19)32-17-18-10-6-5-7-11-18/h5-13,20-22,29H,14-17H2,1-4H3,(H,27,30)/t20-,21+,22+/m0/s1. The largest absolute Gasteiger partial charge is 0.488 e. The van der Waals surface area contributed by atoms with Crippen molar-refractivity contribution in [2.75, 3.05) is 13.7 Å². The monoisotopic (exact) mass is 454 g/mol. The Labute approximate surface area is 195 Å². The third-order valence-corrected chi connectivity index (χ3v) is 5.78. The van der Waals surface area contributed by atoms with Crippen LogP contribution in [0.15, 0.2) is 54.6 Å². The molecule has 0 bridgehead atoms. The van der Waals surface area contributed by atoms with Crippen molar-refractivity contribution in [1.82, 2.24) is 10.2 Å². The highest BCUT2D eigenvalue weighted by Gasteiger charge is 2.41. The number of likely N-dealkylation sites (tertiary alicyclic amines) is 1. The lowest BCUT2D eigenvalue weighted by atomic mass is 10.1. The van der Waals surface area contributed by atoms with E-state index in [0.717, 1.165) is 5.56 Å². The van der Waals surface area contributed by atoms with Gasteiger partial charge in [-0.1, -0.05) is 42.5 Å². The lowest BCUT2D eigenvalue weighted by molar-refractivity contribution is -0.160. The molecule has 1 fully saturated rings. The minimum Gasteiger partial charge on any atom is -0.488 e. The van der Waals surface area contributed by atoms with Crippen LogP contribution >= 0.6 is 0 Å². The zero-order valence-corrected chi connectivity index (χ0v) is 19.8. The van der Waals surface area contributed by atoms with Gasteiger partial charge in [0.15, 0.2) is 0 Å². The van der Waals surface area contributed by atoms with Crippen molar-refractivity contribution in [3.63, 3.8) is 0 Å². The molecule has 1 saturated heterocycles. The number of para-hydroxylation sites is 1. The summed E-state index contributed by atoms with van der Waals surface area (Å²) in [5.41, 5.74) is 0.835. The topological polar surface area (TPSA) is 88.1 Å². The molecule has 1 aliphatic heterocycles. The first kappa shape index (κ1) is 24.7. The predicted molar refractivity (Wildman–Crippen MR) is 126 cm³/mol. The van der Waals surface area contributed by atoms with E-state index >= 15 is 0 Å². The molecule has 1 amide bonds. The SMILES string of the molecule is CN1[C@@H](C(=O)OC(C)(C)C)CC[C@@H]1[C@H](CO)NC(=O)c1ccccc1OCc1ccccc1. The first-order valence-electron chi connectivity index (χ1n) is 11.3. The molecule has 0 saturated carbocycles. The van der Waals surface area contributed by atoms with Crippen LogP contribution in [0.3, 0.4) is 0 Å². The molecular formula is C26H34N2O5. The summed E-state index contributed by atoms with van der Waals surface area (Å²) in [5, 5.41) is 13.0. The van der Waals surface area contributed by atoms with Crippen molar-refractivity contribution < 1.29 is 24.2 Å². The molecule has 33 heavy (non-hydrogen) atoms. The van der Waals surface area contributed by atoms with Crippen LogP contribution in [-0.2, 0) is 16.1 Å². The molecule has 0 aromatic heterocycles. The first-order chi connectivity index (χ1) is 15.7. The van der Waals surface area contributed by atoms with Crippen molar-refractivity contribution >= 4 is 11.9 Å². The Balaban J connectivity index is 1.66. The molecular weight excluding hydrogens is 420 g/mol. The average Bonchev–Trinajstić information content (AvgIpc) is 3.17. The molecule has 2 aromatic carbocycles. The number of hydrogen-bond acceptors (Lipinski definition) is 6. The van der Waals surface area contributed by atoms with Crippen molar-refractivity contribution in [1.29, 1.82) is 0 Å². The first-order valence-corrected chi connectivity index (χ1v) is 11.3. The van der Waals surface area contributed by atoms with Crippen molar-refractivity contribution in [3.05, 3.63) is 65.7 Å². The van der Waals surface area contributed by atoms with Crippen LogP contribution in [0.1, 0.15) is 49.5 Å². The quantitative estimate of drug-likeness (QED) is 0.596. The van der Waals surface area contributed by atoms with Gasteiger partial charge in [0.2, 0.25) is 0 Å². The Kier molecular flexibility index (Phi) is 8.10. The normalized spacial score (nSPS) is 19.7. The second-order valence-corrected chi connectivity index (χ2v) is 9.39. The van der Waals surface area contributed by atoms with E-state index in [4.69, 9.17) is 9.47 Å². The van der Waals surface area contributed by atoms with Crippen LogP contribution in [0, 0.1) is 0 Å². The highest BCUT2D eigenvalue weighted by atomic mass is 16.6. The van der Waals surface area contributed by atoms with E-state index in [-0.39, 0.29) is 24.5 Å². The maximum Gasteiger partial charge on any atom is 0.323 e. The van der Waals surface area contributed by atoms with Gasteiger partial charge in [-0.05, 0) is 58.4 Å². The fourth-order valence-corrected chi connectivity index (χ4v) is 4.13. The van der Waals surface area contributed by atoms with Crippen LogP contribution < -0.4 is 10.1 Å². The third-order valence-electron chi connectivity index (χ3n) is 5.78. The van der Waals surface area contributed by atoms with Crippen LogP contribution in [0.5, 0.6) is 5.75 Å². The number of carbonyl (C=O) groups is 2. The fraction of sp³-hybridized carbons (Fsp3) is 0.462. The zero-order valence-electron chi connectivity index (χ0n) is 19.8. The summed E-state index contributed by atoms with van der Waals surface area (Å²) in [6, 6.07) is 15.7. The van der Waals surface area contributed by atoms with Crippen molar-refractivity contribution in [2.24, 2.45) is 0 Å². The summed E-state index contributed by atoms with van der Waals surface area (Å²) in [6.07, 6.45) is 1.28. The minimum absolute atomic E-state index is 0.186. The van der Waals surface area contributed by atoms with E-state index in [0.29, 0.717) is 30.8 Å². The summed E-state index contributed by atoms with van der Waals surface area (Å²) in [6.45, 7) is 5.62. The van der Waals surface area contributed by atoms with Gasteiger partial charge in [0.25, 0.3) is 5.91 Å². The maximum absolute atomic E-state index is 13.1. The number of benzene rings is 2. The van der Waals surface area contributed by atoms with E-state index in [1.807, 2.05) is 69.1 Å². The van der Waals surface area contributed by atoms with Gasteiger partial charge >= 0.3 is 5.97 Å². The van der Waals surface area contributed by atoms with Crippen LogP contribution in [0.2, 0.25) is 0 Å². The molecule has 0 unspecified atom stereocenters. The number of aliphatic hydroxyl groups is 1. The lowest BCUT2D eigenvalue weighted by Crippen LogP contribution is -2.52. The number of amides is 1. The zero-order chi connectivity index (χ0) is 24.0. The summed E-state index contributed by atoms with van der Waals surface area (Å²) in [7, 11) is 1.83. The van der Waals surface area contributed by atoms with Gasteiger partial charge in [0, 0.05) is 6.04 Å². The number of hydrogen-bond donors (Lipinski definition) is 2. The Morgan fingerprint density at radius 1 is 1.09 bits per heavy atom. The highest BCUT2D eigenvalue weighted by Crippen LogP contribution is 2.27. The Hall–Kier alpha value is -2.90. The van der Waals surface area contributed by atoms with Gasteiger partial charge in [-0.25, -0.2) is 0 Å². The molecule has 7 heteroatoms. The number of likely N-dealkylation sites (N-methyl/N-ethyl adjacent to an activating group) is 1. The van der Waals surface area contributed by atoms with Gasteiger partial charge in [0.1, 0.15) is 24.0 Å². The Morgan fingerprint density at radius 3 is 2.42 bits per heavy atom. The van der Waals surface area contributed by atoms with Crippen molar-refractivity contribution in [2.45, 2.75) is 63.9 Å². The summed E-state index contributed by atoms with van der Waals surface area (Å²) < 4.78 is 11.4. The molecule has 1 aliphatic rings. The van der Waals surface area contributed by atoms with E-state index < -0.39 is 17.7 Å². The van der Waals surface area contributed by atoms with Crippen LogP contribution in [-0.4, -0.2) is 59.3 Å². The van der Waals surface area contributed by atoms with Gasteiger partial charge in [-0.15, -0.1) is 0 Å². The predicted octanol–water partition coefficient (Wildman–Crippen LogP) is 3.16. The molecule has 2 N–H and O–H groups in total. The second-order valence-electron chi connectivity index (χ2n) is 9.39. The molecule has 0 spiro atoms. The summed E-state index contributed by atoms with van der Waals surface area (Å²) in [5.74, 6) is -0.135. The Morgan fingerprint density at radius 2 is 1.76 bits per heavy atom. The number of nitrogens with zero attached hydrogens (tertiary/aromatic N) is 1. The number of nitrogens with one attached hydrogen (secondary N) is 1. The maximum atomic E-state index is 13.1. The highest BCUT2D eigenvalue weighted by molar-refractivity contribution is 5.97. The van der Waals surface area contributed by atoms with Crippen LogP contribution in [0.4, 0.5) is 0 Å². The minimum atomic E-state index is -0.565.